The predicted molar refractivity (Wildman–Crippen MR) is 76.1 cm³/mol. The van der Waals surface area contributed by atoms with Crippen LogP contribution in [0.5, 0.6) is 0 Å². The van der Waals surface area contributed by atoms with E-state index in [0.29, 0.717) is 0 Å². The molecule has 1 saturated carbocycles. The van der Waals surface area contributed by atoms with Crippen LogP contribution < -0.4 is 5.32 Å². The molecule has 0 bridgehead atoms. The molecule has 0 aliphatic heterocycles. The Labute approximate surface area is 124 Å². The molecule has 0 saturated heterocycles. The van der Waals surface area contributed by atoms with Crippen LogP contribution in [0, 0.1) is 5.92 Å². The van der Waals surface area contributed by atoms with Gasteiger partial charge in [-0.05, 0) is 24.3 Å². The third kappa shape index (κ3) is 4.46. The van der Waals surface area contributed by atoms with Crippen LogP contribution >= 0.6 is 0 Å². The fourth-order valence-electron chi connectivity index (χ4n) is 1.99. The van der Waals surface area contributed by atoms with Crippen molar-refractivity contribution in [3.8, 4) is 0 Å². The van der Waals surface area contributed by atoms with Crippen LogP contribution in [-0.4, -0.2) is 37.3 Å². The van der Waals surface area contributed by atoms with Crippen molar-refractivity contribution in [2.45, 2.75) is 25.5 Å². The maximum atomic E-state index is 12.1. The number of rotatable bonds is 6. The van der Waals surface area contributed by atoms with Gasteiger partial charge in [0.2, 0.25) is 0 Å². The number of benzene rings is 1. The van der Waals surface area contributed by atoms with E-state index in [4.69, 9.17) is 9.57 Å². The molecule has 21 heavy (non-hydrogen) atoms. The van der Waals surface area contributed by atoms with E-state index in [0.717, 1.165) is 23.5 Å². The number of hydrogen-bond donors (Lipinski definition) is 1. The summed E-state index contributed by atoms with van der Waals surface area (Å²) in [5, 5.41) is 3.76. The lowest BCUT2D eigenvalue weighted by molar-refractivity contribution is -0.171. The molecule has 0 radical (unpaired) electrons. The van der Waals surface area contributed by atoms with E-state index in [1.54, 1.807) is 0 Å². The molecule has 1 atom stereocenters. The van der Waals surface area contributed by atoms with Crippen molar-refractivity contribution in [1.82, 2.24) is 10.4 Å². The topological polar surface area (TPSA) is 67.9 Å². The summed E-state index contributed by atoms with van der Waals surface area (Å²) in [6, 6.07) is 8.80. The van der Waals surface area contributed by atoms with Gasteiger partial charge >= 0.3 is 6.09 Å². The van der Waals surface area contributed by atoms with Crippen LogP contribution in [0.15, 0.2) is 30.3 Å². The Morgan fingerprint density at radius 2 is 2.00 bits per heavy atom. The second kappa shape index (κ2) is 7.08. The van der Waals surface area contributed by atoms with Crippen LogP contribution in [-0.2, 0) is 21.0 Å². The standard InChI is InChI=1S/C15H20N2O4/c1-17(20-2)14(18)13(12-8-9-12)16-15(19)21-10-11-6-4-3-5-7-11/h3-7,12-13H,8-10H2,1-2H3,(H,16,19)/t13-/m0/s1. The molecule has 114 valence electrons. The molecule has 1 fully saturated rings. The fraction of sp³-hybridized carbons (Fsp3) is 0.467. The second-order valence-electron chi connectivity index (χ2n) is 5.04. The molecule has 1 aliphatic rings. The number of hydroxylamine groups is 2. The molecule has 0 heterocycles. The molecule has 6 heteroatoms. The van der Waals surface area contributed by atoms with Gasteiger partial charge in [-0.15, -0.1) is 0 Å². The lowest BCUT2D eigenvalue weighted by Gasteiger charge is -2.22. The zero-order valence-electron chi connectivity index (χ0n) is 12.2. The number of hydrogen-bond acceptors (Lipinski definition) is 4. The average Bonchev–Trinajstić information content (AvgIpc) is 3.35. The molecule has 1 N–H and O–H groups in total. The summed E-state index contributed by atoms with van der Waals surface area (Å²) in [5.41, 5.74) is 0.899. The molecular formula is C15H20N2O4. The van der Waals surface area contributed by atoms with Gasteiger partial charge < -0.3 is 10.1 Å². The van der Waals surface area contributed by atoms with E-state index in [1.807, 2.05) is 30.3 Å². The number of carbonyl (C=O) groups excluding carboxylic acids is 2. The third-order valence-corrected chi connectivity index (χ3v) is 3.43. The van der Waals surface area contributed by atoms with E-state index < -0.39 is 12.1 Å². The van der Waals surface area contributed by atoms with Gasteiger partial charge in [-0.25, -0.2) is 9.86 Å². The van der Waals surface area contributed by atoms with Crippen LogP contribution in [0.25, 0.3) is 0 Å². The number of nitrogens with one attached hydrogen (secondary N) is 1. The van der Waals surface area contributed by atoms with Gasteiger partial charge in [-0.3, -0.25) is 9.63 Å². The van der Waals surface area contributed by atoms with Crippen molar-refractivity contribution in [3.63, 3.8) is 0 Å². The third-order valence-electron chi connectivity index (χ3n) is 3.43. The summed E-state index contributed by atoms with van der Waals surface area (Å²) in [6.45, 7) is 0.179. The summed E-state index contributed by atoms with van der Waals surface area (Å²) in [7, 11) is 2.93. The normalized spacial score (nSPS) is 15.1. The number of carbonyl (C=O) groups is 2. The van der Waals surface area contributed by atoms with Crippen LogP contribution in [0.4, 0.5) is 4.79 Å². The first-order valence-electron chi connectivity index (χ1n) is 6.90. The van der Waals surface area contributed by atoms with E-state index in [-0.39, 0.29) is 18.4 Å². The zero-order valence-corrected chi connectivity index (χ0v) is 12.2. The highest BCUT2D eigenvalue weighted by molar-refractivity contribution is 5.85. The largest absolute Gasteiger partial charge is 0.445 e. The van der Waals surface area contributed by atoms with Gasteiger partial charge in [0.15, 0.2) is 0 Å². The minimum Gasteiger partial charge on any atom is -0.445 e. The maximum absolute atomic E-state index is 12.1. The maximum Gasteiger partial charge on any atom is 0.408 e. The predicted octanol–water partition coefficient (Wildman–Crippen LogP) is 1.71. The van der Waals surface area contributed by atoms with Gasteiger partial charge in [-0.2, -0.15) is 0 Å². The van der Waals surface area contributed by atoms with Gasteiger partial charge in [0.25, 0.3) is 5.91 Å². The van der Waals surface area contributed by atoms with Crippen molar-refractivity contribution in [2.24, 2.45) is 5.92 Å². The number of alkyl carbamates (subject to hydrolysis) is 1. The van der Waals surface area contributed by atoms with Crippen molar-refractivity contribution < 1.29 is 19.2 Å². The molecule has 0 unspecified atom stereocenters. The molecule has 6 nitrogen and oxygen atoms in total. The van der Waals surface area contributed by atoms with Crippen LogP contribution in [0.3, 0.4) is 0 Å². The number of likely N-dealkylation sites (N-methyl/N-ethyl adjacent to an activating group) is 1. The zero-order chi connectivity index (χ0) is 15.2. The summed E-state index contributed by atoms with van der Waals surface area (Å²) in [6.07, 6.45) is 1.26. The Morgan fingerprint density at radius 3 is 2.57 bits per heavy atom. The molecule has 2 amide bonds. The van der Waals surface area contributed by atoms with Gasteiger partial charge in [0.1, 0.15) is 12.6 Å². The molecule has 1 aromatic rings. The molecule has 1 aromatic carbocycles. The Bertz CT molecular complexity index is 488. The van der Waals surface area contributed by atoms with Crippen molar-refractivity contribution >= 4 is 12.0 Å². The average molecular weight is 292 g/mol. The summed E-state index contributed by atoms with van der Waals surface area (Å²) < 4.78 is 5.14. The van der Waals surface area contributed by atoms with E-state index in [2.05, 4.69) is 5.32 Å². The van der Waals surface area contributed by atoms with Gasteiger partial charge in [0.05, 0.1) is 7.11 Å². The Balaban J connectivity index is 1.85. The highest BCUT2D eigenvalue weighted by Gasteiger charge is 2.39. The Kier molecular flexibility index (Phi) is 5.16. The SMILES string of the molecule is CON(C)C(=O)[C@@H](NC(=O)OCc1ccccc1)C1CC1. The highest BCUT2D eigenvalue weighted by atomic mass is 16.7. The van der Waals surface area contributed by atoms with E-state index >= 15 is 0 Å². The van der Waals surface area contributed by atoms with E-state index in [9.17, 15) is 9.59 Å². The molecule has 0 spiro atoms. The van der Waals surface area contributed by atoms with Gasteiger partial charge in [-0.1, -0.05) is 30.3 Å². The summed E-state index contributed by atoms with van der Waals surface area (Å²) >= 11 is 0. The second-order valence-corrected chi connectivity index (χ2v) is 5.04. The minimum absolute atomic E-state index is 0.166. The Morgan fingerprint density at radius 1 is 1.33 bits per heavy atom. The number of ether oxygens (including phenoxy) is 1. The fourth-order valence-corrected chi connectivity index (χ4v) is 1.99. The molecule has 0 aromatic heterocycles. The van der Waals surface area contributed by atoms with Crippen molar-refractivity contribution in [1.29, 1.82) is 0 Å². The summed E-state index contributed by atoms with van der Waals surface area (Å²) in [4.78, 5) is 28.8. The molecular weight excluding hydrogens is 272 g/mol. The lowest BCUT2D eigenvalue weighted by Crippen LogP contribution is -2.48. The lowest BCUT2D eigenvalue weighted by atomic mass is 10.2. The smallest absolute Gasteiger partial charge is 0.408 e. The van der Waals surface area contributed by atoms with Crippen LogP contribution in [0.1, 0.15) is 18.4 Å². The molecule has 1 aliphatic carbocycles. The quantitative estimate of drug-likeness (QED) is 0.811. The molecule has 2 rings (SSSR count). The van der Waals surface area contributed by atoms with Gasteiger partial charge in [0, 0.05) is 7.05 Å². The Hall–Kier alpha value is -2.08. The first-order valence-corrected chi connectivity index (χ1v) is 6.90. The van der Waals surface area contributed by atoms with Crippen molar-refractivity contribution in [2.75, 3.05) is 14.2 Å². The van der Waals surface area contributed by atoms with Crippen molar-refractivity contribution in [3.05, 3.63) is 35.9 Å². The first kappa shape index (κ1) is 15.3. The minimum atomic E-state index is -0.589. The van der Waals surface area contributed by atoms with E-state index in [1.165, 1.54) is 14.2 Å². The monoisotopic (exact) mass is 292 g/mol. The number of nitrogens with zero attached hydrogens (tertiary/aromatic N) is 1. The summed E-state index contributed by atoms with van der Waals surface area (Å²) in [5.74, 6) is -0.101. The first-order chi connectivity index (χ1) is 10.1. The number of amides is 2. The van der Waals surface area contributed by atoms with Crippen LogP contribution in [0.2, 0.25) is 0 Å². The highest BCUT2D eigenvalue weighted by Crippen LogP contribution is 2.33.